The summed E-state index contributed by atoms with van der Waals surface area (Å²) in [6.07, 6.45) is 0. The van der Waals surface area contributed by atoms with E-state index < -0.39 is 0 Å². The Kier molecular flexibility index (Phi) is 6.42. The van der Waals surface area contributed by atoms with Gasteiger partial charge in [0.05, 0.1) is 5.56 Å². The van der Waals surface area contributed by atoms with E-state index in [0.29, 0.717) is 22.7 Å². The normalized spacial score (nSPS) is 10.1. The molecule has 7 heteroatoms. The molecule has 0 fully saturated rings. The Hall–Kier alpha value is -3.87. The van der Waals surface area contributed by atoms with E-state index in [-0.39, 0.29) is 24.4 Å². The molecule has 0 aliphatic carbocycles. The molecular formula is C22H20FN3O3. The van der Waals surface area contributed by atoms with Crippen LogP contribution in [0.3, 0.4) is 0 Å². The van der Waals surface area contributed by atoms with Crippen molar-refractivity contribution in [3.63, 3.8) is 0 Å². The number of amides is 3. The average Bonchev–Trinajstić information content (AvgIpc) is 2.75. The van der Waals surface area contributed by atoms with Crippen molar-refractivity contribution < 1.29 is 18.7 Å². The molecule has 0 bridgehead atoms. The quantitative estimate of drug-likeness (QED) is 0.580. The van der Waals surface area contributed by atoms with Gasteiger partial charge in [-0.3, -0.25) is 4.79 Å². The van der Waals surface area contributed by atoms with Crippen molar-refractivity contribution in [3.8, 4) is 5.75 Å². The lowest BCUT2D eigenvalue weighted by atomic mass is 10.1. The van der Waals surface area contributed by atoms with Gasteiger partial charge in [-0.2, -0.15) is 0 Å². The molecule has 3 rings (SSSR count). The third kappa shape index (κ3) is 5.55. The zero-order valence-electron chi connectivity index (χ0n) is 15.7. The summed E-state index contributed by atoms with van der Waals surface area (Å²) in [5.41, 5.74) is 2.35. The monoisotopic (exact) mass is 393 g/mol. The molecule has 0 heterocycles. The molecule has 0 aromatic heterocycles. The Morgan fingerprint density at radius 3 is 2.14 bits per heavy atom. The predicted octanol–water partition coefficient (Wildman–Crippen LogP) is 4.41. The number of carbonyl (C=O) groups is 2. The molecule has 3 aromatic carbocycles. The number of nitrogens with one attached hydrogen (secondary N) is 3. The molecule has 3 amide bonds. The third-order valence-electron chi connectivity index (χ3n) is 4.07. The standard InChI is InChI=1S/C22H20FN3O3/c1-24-22(28)26-18-12-10-17(11-13-18)25-21(27)19-4-2-3-5-20(19)29-14-15-6-8-16(23)9-7-15/h2-13H,14H2,1H3,(H,25,27)(H2,24,26,28). The highest BCUT2D eigenvalue weighted by Crippen LogP contribution is 2.22. The van der Waals surface area contributed by atoms with E-state index in [1.807, 2.05) is 0 Å². The summed E-state index contributed by atoms with van der Waals surface area (Å²) in [5.74, 6) is -0.219. The van der Waals surface area contributed by atoms with Crippen LogP contribution in [0.2, 0.25) is 0 Å². The highest BCUT2D eigenvalue weighted by molar-refractivity contribution is 6.06. The lowest BCUT2D eigenvalue weighted by molar-refractivity contribution is 0.102. The minimum Gasteiger partial charge on any atom is -0.488 e. The fraction of sp³-hybridized carbons (Fsp3) is 0.0909. The van der Waals surface area contributed by atoms with Crippen molar-refractivity contribution in [2.75, 3.05) is 17.7 Å². The fourth-order valence-corrected chi connectivity index (χ4v) is 2.55. The number of carbonyl (C=O) groups excluding carboxylic acids is 2. The molecule has 0 atom stereocenters. The summed E-state index contributed by atoms with van der Waals surface area (Å²) in [6, 6.07) is 19.3. The molecule has 0 saturated heterocycles. The number of anilines is 2. The molecule has 0 aliphatic rings. The Morgan fingerprint density at radius 1 is 0.862 bits per heavy atom. The second-order valence-electron chi connectivity index (χ2n) is 6.15. The van der Waals surface area contributed by atoms with Gasteiger partial charge < -0.3 is 20.7 Å². The van der Waals surface area contributed by atoms with Gasteiger partial charge in [0.15, 0.2) is 0 Å². The zero-order chi connectivity index (χ0) is 20.6. The van der Waals surface area contributed by atoms with Crippen LogP contribution in [0.4, 0.5) is 20.6 Å². The Bertz CT molecular complexity index is 989. The third-order valence-corrected chi connectivity index (χ3v) is 4.07. The lowest BCUT2D eigenvalue weighted by Crippen LogP contribution is -2.24. The second-order valence-corrected chi connectivity index (χ2v) is 6.15. The van der Waals surface area contributed by atoms with Crippen LogP contribution in [0.5, 0.6) is 5.75 Å². The number of rotatable bonds is 6. The first-order chi connectivity index (χ1) is 14.0. The second kappa shape index (κ2) is 9.36. The SMILES string of the molecule is CNC(=O)Nc1ccc(NC(=O)c2ccccc2OCc2ccc(F)cc2)cc1. The van der Waals surface area contributed by atoms with Gasteiger partial charge in [0.2, 0.25) is 0 Å². The zero-order valence-corrected chi connectivity index (χ0v) is 15.7. The van der Waals surface area contributed by atoms with E-state index in [1.54, 1.807) is 60.7 Å². The maximum atomic E-state index is 13.0. The molecule has 0 radical (unpaired) electrons. The van der Waals surface area contributed by atoms with Gasteiger partial charge in [-0.25, -0.2) is 9.18 Å². The summed E-state index contributed by atoms with van der Waals surface area (Å²) in [4.78, 5) is 24.0. The van der Waals surface area contributed by atoms with Gasteiger partial charge in [0.25, 0.3) is 5.91 Å². The molecule has 148 valence electrons. The van der Waals surface area contributed by atoms with Gasteiger partial charge in [-0.1, -0.05) is 24.3 Å². The highest BCUT2D eigenvalue weighted by Gasteiger charge is 2.13. The van der Waals surface area contributed by atoms with E-state index >= 15 is 0 Å². The Balaban J connectivity index is 1.66. The number of para-hydroxylation sites is 1. The Morgan fingerprint density at radius 2 is 1.48 bits per heavy atom. The summed E-state index contributed by atoms with van der Waals surface area (Å²) in [5, 5.41) is 7.91. The van der Waals surface area contributed by atoms with Gasteiger partial charge in [0.1, 0.15) is 18.2 Å². The highest BCUT2D eigenvalue weighted by atomic mass is 19.1. The summed E-state index contributed by atoms with van der Waals surface area (Å²) >= 11 is 0. The van der Waals surface area contributed by atoms with Crippen LogP contribution in [0, 0.1) is 5.82 Å². The molecule has 3 aromatic rings. The van der Waals surface area contributed by atoms with E-state index in [1.165, 1.54) is 19.2 Å². The van der Waals surface area contributed by atoms with Gasteiger partial charge in [-0.15, -0.1) is 0 Å². The van der Waals surface area contributed by atoms with Crippen molar-refractivity contribution in [1.82, 2.24) is 5.32 Å². The van der Waals surface area contributed by atoms with Crippen LogP contribution < -0.4 is 20.7 Å². The molecule has 6 nitrogen and oxygen atoms in total. The van der Waals surface area contributed by atoms with Crippen molar-refractivity contribution in [2.24, 2.45) is 0 Å². The minimum absolute atomic E-state index is 0.213. The van der Waals surface area contributed by atoms with Crippen molar-refractivity contribution in [3.05, 3.63) is 89.7 Å². The van der Waals surface area contributed by atoms with E-state index in [4.69, 9.17) is 4.74 Å². The number of hydrogen-bond acceptors (Lipinski definition) is 3. The molecular weight excluding hydrogens is 373 g/mol. The van der Waals surface area contributed by atoms with Crippen molar-refractivity contribution >= 4 is 23.3 Å². The van der Waals surface area contributed by atoms with Gasteiger partial charge >= 0.3 is 6.03 Å². The van der Waals surface area contributed by atoms with Crippen LogP contribution in [0.1, 0.15) is 15.9 Å². The number of urea groups is 1. The topological polar surface area (TPSA) is 79.5 Å². The summed E-state index contributed by atoms with van der Waals surface area (Å²) in [6.45, 7) is 0.213. The largest absolute Gasteiger partial charge is 0.488 e. The van der Waals surface area contributed by atoms with Gasteiger partial charge in [-0.05, 0) is 54.1 Å². The first-order valence-corrected chi connectivity index (χ1v) is 8.91. The number of ether oxygens (including phenoxy) is 1. The molecule has 0 unspecified atom stereocenters. The summed E-state index contributed by atoms with van der Waals surface area (Å²) in [7, 11) is 1.53. The van der Waals surface area contributed by atoms with Crippen molar-refractivity contribution in [1.29, 1.82) is 0 Å². The van der Waals surface area contributed by atoms with E-state index in [0.717, 1.165) is 5.56 Å². The molecule has 0 saturated carbocycles. The number of halogens is 1. The van der Waals surface area contributed by atoms with Crippen LogP contribution in [0.15, 0.2) is 72.8 Å². The van der Waals surface area contributed by atoms with Crippen LogP contribution in [-0.4, -0.2) is 19.0 Å². The van der Waals surface area contributed by atoms with Gasteiger partial charge in [0, 0.05) is 18.4 Å². The average molecular weight is 393 g/mol. The molecule has 29 heavy (non-hydrogen) atoms. The minimum atomic E-state index is -0.327. The maximum Gasteiger partial charge on any atom is 0.318 e. The van der Waals surface area contributed by atoms with E-state index in [9.17, 15) is 14.0 Å². The number of hydrogen-bond donors (Lipinski definition) is 3. The molecule has 3 N–H and O–H groups in total. The van der Waals surface area contributed by atoms with Crippen LogP contribution in [-0.2, 0) is 6.61 Å². The summed E-state index contributed by atoms with van der Waals surface area (Å²) < 4.78 is 18.8. The Labute approximate surface area is 167 Å². The van der Waals surface area contributed by atoms with E-state index in [2.05, 4.69) is 16.0 Å². The number of benzene rings is 3. The fourth-order valence-electron chi connectivity index (χ4n) is 2.55. The first kappa shape index (κ1) is 19.9. The molecule has 0 aliphatic heterocycles. The smallest absolute Gasteiger partial charge is 0.318 e. The predicted molar refractivity (Wildman–Crippen MR) is 110 cm³/mol. The molecule has 0 spiro atoms. The van der Waals surface area contributed by atoms with Crippen molar-refractivity contribution in [2.45, 2.75) is 6.61 Å². The van der Waals surface area contributed by atoms with Crippen LogP contribution >= 0.6 is 0 Å². The first-order valence-electron chi connectivity index (χ1n) is 8.91. The maximum absolute atomic E-state index is 13.0. The lowest BCUT2D eigenvalue weighted by Gasteiger charge is -2.12. The van der Waals surface area contributed by atoms with Crippen LogP contribution in [0.25, 0.3) is 0 Å².